The first-order chi connectivity index (χ1) is 11.0. The van der Waals surface area contributed by atoms with Gasteiger partial charge in [-0.3, -0.25) is 4.79 Å². The molecule has 0 bridgehead atoms. The van der Waals surface area contributed by atoms with Crippen LogP contribution in [0, 0.1) is 6.92 Å². The van der Waals surface area contributed by atoms with Gasteiger partial charge in [0.05, 0.1) is 17.3 Å². The molecule has 2 rings (SSSR count). The molecule has 0 saturated carbocycles. The summed E-state index contributed by atoms with van der Waals surface area (Å²) in [4.78, 5) is 16.2. The molecule has 23 heavy (non-hydrogen) atoms. The zero-order chi connectivity index (χ0) is 16.8. The highest BCUT2D eigenvalue weighted by Gasteiger charge is 2.13. The van der Waals surface area contributed by atoms with E-state index in [-0.39, 0.29) is 17.1 Å². The molecule has 1 unspecified atom stereocenters. The van der Waals surface area contributed by atoms with E-state index in [9.17, 15) is 4.79 Å². The molecule has 2 aromatic rings. The van der Waals surface area contributed by atoms with E-state index < -0.39 is 0 Å². The number of nitrogens with zero attached hydrogens (tertiary/aromatic N) is 1. The van der Waals surface area contributed by atoms with Gasteiger partial charge in [-0.15, -0.1) is 0 Å². The molecule has 1 atom stereocenters. The lowest BCUT2D eigenvalue weighted by Crippen LogP contribution is -2.38. The van der Waals surface area contributed by atoms with Crippen LogP contribution >= 0.6 is 23.2 Å². The Bertz CT molecular complexity index is 692. The van der Waals surface area contributed by atoms with Crippen LogP contribution in [0.25, 0.3) is 0 Å². The van der Waals surface area contributed by atoms with Gasteiger partial charge in [-0.05, 0) is 25.5 Å². The van der Waals surface area contributed by atoms with Gasteiger partial charge in [0, 0.05) is 11.6 Å². The molecule has 0 aliphatic heterocycles. The summed E-state index contributed by atoms with van der Waals surface area (Å²) in [5.41, 5.74) is 1.68. The van der Waals surface area contributed by atoms with E-state index >= 15 is 0 Å². The van der Waals surface area contributed by atoms with Crippen LogP contribution in [0.15, 0.2) is 36.5 Å². The second kappa shape index (κ2) is 8.18. The average molecular weight is 353 g/mol. The van der Waals surface area contributed by atoms with Crippen molar-refractivity contribution in [1.82, 2.24) is 10.3 Å². The molecule has 4 nitrogen and oxygen atoms in total. The lowest BCUT2D eigenvalue weighted by atomic mass is 10.1. The second-order valence-electron chi connectivity index (χ2n) is 5.20. The number of carbonyl (C=O) groups is 1. The van der Waals surface area contributed by atoms with E-state index in [1.54, 1.807) is 12.1 Å². The van der Waals surface area contributed by atoms with Crippen LogP contribution in [-0.4, -0.2) is 23.5 Å². The molecule has 0 radical (unpaired) electrons. The fraction of sp³-hybridized carbons (Fsp3) is 0.294. The van der Waals surface area contributed by atoms with Crippen molar-refractivity contribution in [3.05, 3.63) is 57.8 Å². The van der Waals surface area contributed by atoms with E-state index in [1.807, 2.05) is 32.0 Å². The van der Waals surface area contributed by atoms with Crippen molar-refractivity contribution < 1.29 is 9.53 Å². The van der Waals surface area contributed by atoms with Gasteiger partial charge in [-0.25, -0.2) is 4.98 Å². The molecule has 0 fully saturated rings. The highest BCUT2D eigenvalue weighted by atomic mass is 35.5. The number of carbonyl (C=O) groups excluding carboxylic acids is 1. The maximum atomic E-state index is 12.3. The topological polar surface area (TPSA) is 51.2 Å². The summed E-state index contributed by atoms with van der Waals surface area (Å²) in [6.45, 7) is 4.26. The van der Waals surface area contributed by atoms with Gasteiger partial charge >= 0.3 is 0 Å². The number of aromatic nitrogens is 1. The van der Waals surface area contributed by atoms with Gasteiger partial charge in [0.15, 0.2) is 0 Å². The first-order valence-corrected chi connectivity index (χ1v) is 8.06. The molecular formula is C17H18Cl2N2O2. The quantitative estimate of drug-likeness (QED) is 0.789. The number of hydrogen-bond donors (Lipinski definition) is 1. The van der Waals surface area contributed by atoms with Gasteiger partial charge in [0.1, 0.15) is 17.5 Å². The average Bonchev–Trinajstić information content (AvgIpc) is 2.54. The summed E-state index contributed by atoms with van der Waals surface area (Å²) in [6.07, 6.45) is 2.25. The summed E-state index contributed by atoms with van der Waals surface area (Å²) in [7, 11) is 0. The standard InChI is InChI=1S/C17H18Cl2N2O2/c1-3-13(10-23-14-8-15(18)16(19)20-9-14)21-17(22)12-6-4-5-11(2)7-12/h4-9,13H,3,10H2,1-2H3,(H,21,22). The van der Waals surface area contributed by atoms with E-state index in [0.29, 0.717) is 22.9 Å². The predicted molar refractivity (Wildman–Crippen MR) is 92.5 cm³/mol. The maximum Gasteiger partial charge on any atom is 0.251 e. The third-order valence-electron chi connectivity index (χ3n) is 3.33. The minimum Gasteiger partial charge on any atom is -0.490 e. The number of pyridine rings is 1. The van der Waals surface area contributed by atoms with Crippen LogP contribution in [0.1, 0.15) is 29.3 Å². The van der Waals surface area contributed by atoms with Gasteiger partial charge in [0.25, 0.3) is 5.91 Å². The third-order valence-corrected chi connectivity index (χ3v) is 4.02. The number of hydrogen-bond acceptors (Lipinski definition) is 3. The highest BCUT2D eigenvalue weighted by Crippen LogP contribution is 2.23. The molecular weight excluding hydrogens is 335 g/mol. The van der Waals surface area contributed by atoms with Crippen molar-refractivity contribution in [2.75, 3.05) is 6.61 Å². The van der Waals surface area contributed by atoms with Crippen molar-refractivity contribution >= 4 is 29.1 Å². The maximum absolute atomic E-state index is 12.3. The van der Waals surface area contributed by atoms with Crippen molar-refractivity contribution in [3.8, 4) is 5.75 Å². The van der Waals surface area contributed by atoms with Crippen LogP contribution in [0.2, 0.25) is 10.2 Å². The lowest BCUT2D eigenvalue weighted by Gasteiger charge is -2.18. The largest absolute Gasteiger partial charge is 0.490 e. The molecule has 0 aliphatic carbocycles. The van der Waals surface area contributed by atoms with Crippen LogP contribution in [0.4, 0.5) is 0 Å². The Labute approximate surface area is 145 Å². The Morgan fingerprint density at radius 1 is 1.35 bits per heavy atom. The Balaban J connectivity index is 1.94. The molecule has 1 aromatic heterocycles. The zero-order valence-electron chi connectivity index (χ0n) is 13.0. The Hall–Kier alpha value is -1.78. The zero-order valence-corrected chi connectivity index (χ0v) is 14.5. The first kappa shape index (κ1) is 17.6. The van der Waals surface area contributed by atoms with E-state index in [0.717, 1.165) is 12.0 Å². The Morgan fingerprint density at radius 2 is 2.13 bits per heavy atom. The molecule has 122 valence electrons. The fourth-order valence-corrected chi connectivity index (χ4v) is 2.26. The minimum atomic E-state index is -0.114. The minimum absolute atomic E-state index is 0.113. The van der Waals surface area contributed by atoms with Gasteiger partial charge in [-0.1, -0.05) is 47.8 Å². The summed E-state index contributed by atoms with van der Waals surface area (Å²) >= 11 is 11.7. The summed E-state index contributed by atoms with van der Waals surface area (Å²) in [5, 5.41) is 3.53. The smallest absolute Gasteiger partial charge is 0.251 e. The number of rotatable bonds is 6. The van der Waals surface area contributed by atoms with Crippen molar-refractivity contribution in [2.45, 2.75) is 26.3 Å². The Morgan fingerprint density at radius 3 is 2.78 bits per heavy atom. The summed E-state index contributed by atoms with van der Waals surface area (Å²) in [6, 6.07) is 8.95. The number of amides is 1. The fourth-order valence-electron chi connectivity index (χ4n) is 2.00. The molecule has 1 heterocycles. The van der Waals surface area contributed by atoms with E-state index in [2.05, 4.69) is 10.3 Å². The molecule has 1 aromatic carbocycles. The first-order valence-electron chi connectivity index (χ1n) is 7.31. The summed E-state index contributed by atoms with van der Waals surface area (Å²) < 4.78 is 5.64. The van der Waals surface area contributed by atoms with Crippen molar-refractivity contribution in [1.29, 1.82) is 0 Å². The molecule has 0 saturated heterocycles. The SMILES string of the molecule is CCC(COc1cnc(Cl)c(Cl)c1)NC(=O)c1cccc(C)c1. The van der Waals surface area contributed by atoms with Gasteiger partial charge < -0.3 is 10.1 Å². The van der Waals surface area contributed by atoms with Gasteiger partial charge in [-0.2, -0.15) is 0 Å². The summed E-state index contributed by atoms with van der Waals surface area (Å²) in [5.74, 6) is 0.402. The van der Waals surface area contributed by atoms with Crippen LogP contribution in [0.5, 0.6) is 5.75 Å². The monoisotopic (exact) mass is 352 g/mol. The normalized spacial score (nSPS) is 11.8. The Kier molecular flexibility index (Phi) is 6.25. The number of nitrogens with one attached hydrogen (secondary N) is 1. The molecule has 6 heteroatoms. The molecule has 1 amide bonds. The van der Waals surface area contributed by atoms with E-state index in [1.165, 1.54) is 6.20 Å². The van der Waals surface area contributed by atoms with Gasteiger partial charge in [0.2, 0.25) is 0 Å². The van der Waals surface area contributed by atoms with Crippen LogP contribution < -0.4 is 10.1 Å². The van der Waals surface area contributed by atoms with E-state index in [4.69, 9.17) is 27.9 Å². The number of halogens is 2. The number of ether oxygens (including phenoxy) is 1. The van der Waals surface area contributed by atoms with Crippen molar-refractivity contribution in [3.63, 3.8) is 0 Å². The molecule has 0 aliphatic rings. The van der Waals surface area contributed by atoms with Crippen LogP contribution in [0.3, 0.4) is 0 Å². The molecule has 0 spiro atoms. The number of aryl methyl sites for hydroxylation is 1. The molecule has 1 N–H and O–H groups in total. The second-order valence-corrected chi connectivity index (χ2v) is 5.97. The van der Waals surface area contributed by atoms with Crippen LogP contribution in [-0.2, 0) is 0 Å². The predicted octanol–water partition coefficient (Wildman–Crippen LogP) is 4.28. The lowest BCUT2D eigenvalue weighted by molar-refractivity contribution is 0.0920. The third kappa shape index (κ3) is 5.12. The van der Waals surface area contributed by atoms with Crippen molar-refractivity contribution in [2.24, 2.45) is 0 Å². The highest BCUT2D eigenvalue weighted by molar-refractivity contribution is 6.41. The number of benzene rings is 1.